The van der Waals surface area contributed by atoms with Crippen LogP contribution in [0.3, 0.4) is 0 Å². The second-order valence-corrected chi connectivity index (χ2v) is 12.8. The number of H-pyrrole nitrogens is 2. The van der Waals surface area contributed by atoms with Gasteiger partial charge < -0.3 is 20.2 Å². The number of aryl methyl sites for hydroxylation is 4. The first kappa shape index (κ1) is 29.0. The summed E-state index contributed by atoms with van der Waals surface area (Å²) in [5.41, 5.74) is 15.7. The number of hydrogen-bond acceptors (Lipinski definition) is 5. The van der Waals surface area contributed by atoms with Crippen molar-refractivity contribution >= 4 is 68.1 Å². The molecule has 4 N–H and O–H groups in total. The van der Waals surface area contributed by atoms with Gasteiger partial charge in [0.05, 0.1) is 22.8 Å². The Balaban J connectivity index is 1.72. The van der Waals surface area contributed by atoms with E-state index in [4.69, 9.17) is 9.97 Å². The van der Waals surface area contributed by atoms with E-state index in [1.807, 2.05) is 37.7 Å². The maximum atomic E-state index is 11.6. The summed E-state index contributed by atoms with van der Waals surface area (Å²) < 4.78 is 0. The van der Waals surface area contributed by atoms with Gasteiger partial charge in [-0.15, -0.1) is 0 Å². The number of aromatic nitrogens is 4. The number of nitrogens with one attached hydrogen (secondary N) is 2. The highest BCUT2D eigenvalue weighted by atomic mass is 32.2. The van der Waals surface area contributed by atoms with Crippen molar-refractivity contribution in [3.05, 3.63) is 69.3 Å². The van der Waals surface area contributed by atoms with Gasteiger partial charge in [-0.05, 0) is 116 Å². The molecule has 1 fully saturated rings. The molecule has 8 bridgehead atoms. The molecule has 0 spiro atoms. The molecule has 6 heterocycles. The van der Waals surface area contributed by atoms with Crippen LogP contribution < -0.4 is 0 Å². The lowest BCUT2D eigenvalue weighted by Gasteiger charge is -2.03. The van der Waals surface area contributed by atoms with Crippen LogP contribution in [0.4, 0.5) is 0 Å². The highest BCUT2D eigenvalue weighted by Gasteiger charge is 2.33. The standard InChI is InChI=1S/C34H36N4O4S/c1-6-20-16(2)25-13-30-34(31-15-43-31)19(5)26(38-30)11-23-17(3)21(7-9-32(39)40)28(36-23)14-29-22(8-10-33(41)42)18(4)24(37-29)12-27(20)35-25/h11-14,31,35,37H,6-10,15H2,1-5H3,(H,39,40)(H,41,42)/t31-/m1/s1. The molecule has 8 nitrogen and oxygen atoms in total. The summed E-state index contributed by atoms with van der Waals surface area (Å²) in [7, 11) is 0. The van der Waals surface area contributed by atoms with E-state index in [2.05, 4.69) is 42.9 Å². The Labute approximate surface area is 254 Å². The Bertz CT molecular complexity index is 1920. The minimum absolute atomic E-state index is 0.00390. The van der Waals surface area contributed by atoms with Crippen molar-refractivity contribution < 1.29 is 19.8 Å². The Morgan fingerprint density at radius 3 is 1.98 bits per heavy atom. The molecular formula is C34H36N4O4S. The molecule has 9 heteroatoms. The van der Waals surface area contributed by atoms with Crippen molar-refractivity contribution in [1.82, 2.24) is 19.9 Å². The predicted molar refractivity (Wildman–Crippen MR) is 174 cm³/mol. The summed E-state index contributed by atoms with van der Waals surface area (Å²) in [6.45, 7) is 10.4. The fourth-order valence-electron chi connectivity index (χ4n) is 6.36. The van der Waals surface area contributed by atoms with Crippen molar-refractivity contribution in [2.45, 2.75) is 72.0 Å². The van der Waals surface area contributed by atoms with Crippen LogP contribution in [0.15, 0.2) is 24.3 Å². The Hall–Kier alpha value is -4.11. The van der Waals surface area contributed by atoms with E-state index >= 15 is 0 Å². The molecule has 3 aromatic heterocycles. The number of rotatable bonds is 8. The van der Waals surface area contributed by atoms with E-state index in [9.17, 15) is 19.8 Å². The summed E-state index contributed by atoms with van der Waals surface area (Å²) in [6.07, 6.45) is 1.56. The number of carbonyl (C=O) groups is 2. The van der Waals surface area contributed by atoms with Crippen LogP contribution in [0.25, 0.3) is 44.4 Å². The molecule has 0 radical (unpaired) electrons. The minimum atomic E-state index is -0.863. The van der Waals surface area contributed by atoms with Gasteiger partial charge in [-0.1, -0.05) is 6.92 Å². The van der Waals surface area contributed by atoms with Crippen molar-refractivity contribution in [3.63, 3.8) is 0 Å². The number of nitrogens with zero attached hydrogens (tertiary/aromatic N) is 2. The topological polar surface area (TPSA) is 132 Å². The second kappa shape index (κ2) is 11.2. The van der Waals surface area contributed by atoms with E-state index < -0.39 is 11.9 Å². The van der Waals surface area contributed by atoms with Crippen LogP contribution in [0.1, 0.15) is 85.1 Å². The average Bonchev–Trinajstić information content (AvgIpc) is 3.50. The highest BCUT2D eigenvalue weighted by Crippen LogP contribution is 2.47. The molecule has 0 amide bonds. The number of aliphatic carboxylic acids is 2. The summed E-state index contributed by atoms with van der Waals surface area (Å²) in [4.78, 5) is 40.5. The zero-order chi connectivity index (χ0) is 30.6. The number of carboxylic acids is 2. The van der Waals surface area contributed by atoms with Crippen molar-refractivity contribution in [2.75, 3.05) is 5.75 Å². The SMILES string of the molecule is CCc1c(C)c2cc3nc(cc4nc(cc5[nH]c(cc1[nH]2)c(C)c5CCC(=O)O)C(CCC(=O)O)=C4C)C(C)=C3[C@H]1CS1. The van der Waals surface area contributed by atoms with E-state index in [-0.39, 0.29) is 12.8 Å². The molecule has 0 aromatic carbocycles. The molecule has 0 unspecified atom stereocenters. The normalized spacial score (nSPS) is 16.3. The maximum Gasteiger partial charge on any atom is 0.303 e. The van der Waals surface area contributed by atoms with Gasteiger partial charge in [-0.25, -0.2) is 9.97 Å². The molecule has 1 saturated heterocycles. The van der Waals surface area contributed by atoms with Gasteiger partial charge in [0.2, 0.25) is 0 Å². The number of thioether (sulfide) groups is 1. The smallest absolute Gasteiger partial charge is 0.303 e. The Morgan fingerprint density at radius 1 is 0.767 bits per heavy atom. The first-order chi connectivity index (χ1) is 20.5. The van der Waals surface area contributed by atoms with E-state index in [1.165, 1.54) is 16.7 Å². The van der Waals surface area contributed by atoms with Gasteiger partial charge in [0.1, 0.15) is 0 Å². The molecule has 0 aliphatic carbocycles. The second-order valence-electron chi connectivity index (χ2n) is 11.6. The third-order valence-electron chi connectivity index (χ3n) is 8.91. The monoisotopic (exact) mass is 596 g/mol. The van der Waals surface area contributed by atoms with Gasteiger partial charge in [-0.2, -0.15) is 11.8 Å². The van der Waals surface area contributed by atoms with Crippen molar-refractivity contribution in [1.29, 1.82) is 0 Å². The van der Waals surface area contributed by atoms with E-state index in [0.29, 0.717) is 23.8 Å². The molecule has 3 aliphatic rings. The zero-order valence-electron chi connectivity index (χ0n) is 25.1. The fraction of sp³-hybridized carbons (Fsp3) is 0.353. The maximum absolute atomic E-state index is 11.6. The van der Waals surface area contributed by atoms with Gasteiger partial charge in [0.15, 0.2) is 0 Å². The van der Waals surface area contributed by atoms with E-state index in [1.54, 1.807) is 0 Å². The van der Waals surface area contributed by atoms with Gasteiger partial charge in [0.25, 0.3) is 0 Å². The number of hydrogen-bond donors (Lipinski definition) is 4. The molecule has 3 aromatic rings. The largest absolute Gasteiger partial charge is 0.481 e. The third-order valence-corrected chi connectivity index (χ3v) is 9.81. The summed E-state index contributed by atoms with van der Waals surface area (Å²) in [5, 5.41) is 19.4. The first-order valence-corrected chi connectivity index (χ1v) is 15.8. The number of carboxylic acid groups (broad SMARTS) is 2. The van der Waals surface area contributed by atoms with Crippen LogP contribution in [-0.2, 0) is 22.4 Å². The van der Waals surface area contributed by atoms with Crippen LogP contribution in [0, 0.1) is 13.8 Å². The van der Waals surface area contributed by atoms with Crippen LogP contribution in [-0.4, -0.2) is 53.1 Å². The predicted octanol–water partition coefficient (Wildman–Crippen LogP) is 7.35. The summed E-state index contributed by atoms with van der Waals surface area (Å²) in [6, 6.07) is 8.27. The van der Waals surface area contributed by atoms with Crippen LogP contribution in [0.2, 0.25) is 0 Å². The molecule has 3 aliphatic heterocycles. The first-order valence-electron chi connectivity index (χ1n) is 14.8. The van der Waals surface area contributed by atoms with Crippen LogP contribution >= 0.6 is 11.8 Å². The average molecular weight is 597 g/mol. The van der Waals surface area contributed by atoms with Gasteiger partial charge >= 0.3 is 11.9 Å². The molecule has 0 saturated carbocycles. The van der Waals surface area contributed by atoms with Crippen LogP contribution in [0.5, 0.6) is 0 Å². The number of aromatic amines is 2. The quantitative estimate of drug-likeness (QED) is 0.200. The van der Waals surface area contributed by atoms with Crippen molar-refractivity contribution in [3.8, 4) is 0 Å². The number of fused-ring (bicyclic) bond motifs is 8. The molecule has 222 valence electrons. The highest BCUT2D eigenvalue weighted by molar-refractivity contribution is 8.07. The third kappa shape index (κ3) is 5.42. The van der Waals surface area contributed by atoms with Crippen molar-refractivity contribution in [2.24, 2.45) is 0 Å². The van der Waals surface area contributed by atoms with E-state index in [0.717, 1.165) is 79.2 Å². The minimum Gasteiger partial charge on any atom is -0.481 e. The zero-order valence-corrected chi connectivity index (χ0v) is 26.0. The Morgan fingerprint density at radius 2 is 1.33 bits per heavy atom. The van der Waals surface area contributed by atoms with Gasteiger partial charge in [-0.3, -0.25) is 9.59 Å². The lowest BCUT2D eigenvalue weighted by Crippen LogP contribution is -1.98. The molecular weight excluding hydrogens is 560 g/mol. The number of allylic oxidation sites excluding steroid dienone is 3. The summed E-state index contributed by atoms with van der Waals surface area (Å²) >= 11 is 1.93. The fourth-order valence-corrected chi connectivity index (χ4v) is 7.09. The molecule has 1 atom stereocenters. The molecule has 43 heavy (non-hydrogen) atoms. The molecule has 6 rings (SSSR count). The lowest BCUT2D eigenvalue weighted by atomic mass is 9.99. The Kier molecular flexibility index (Phi) is 7.54. The summed E-state index contributed by atoms with van der Waals surface area (Å²) in [5.74, 6) is -0.635. The lowest BCUT2D eigenvalue weighted by molar-refractivity contribution is -0.137. The van der Waals surface area contributed by atoms with Gasteiger partial charge in [0, 0.05) is 45.9 Å².